The monoisotopic (exact) mass is 338 g/mol. The van der Waals surface area contributed by atoms with Gasteiger partial charge in [-0.1, -0.05) is 40.5 Å². The predicted octanol–water partition coefficient (Wildman–Crippen LogP) is 3.10. The lowest BCUT2D eigenvalue weighted by Gasteiger charge is -2.37. The van der Waals surface area contributed by atoms with E-state index in [0.29, 0.717) is 12.3 Å². The van der Waals surface area contributed by atoms with Crippen LogP contribution in [0.25, 0.3) is 0 Å². The van der Waals surface area contributed by atoms with Crippen molar-refractivity contribution in [1.29, 1.82) is 0 Å². The second-order valence-electron chi connectivity index (χ2n) is 8.20. The molecule has 5 nitrogen and oxygen atoms in total. The zero-order valence-electron chi connectivity index (χ0n) is 15.4. The molecule has 0 amide bonds. The molecule has 3 heterocycles. The van der Waals surface area contributed by atoms with E-state index in [1.54, 1.807) is 0 Å². The normalized spacial score (nSPS) is 38.5. The number of fused-ring (bicyclic) bond motifs is 1. The highest BCUT2D eigenvalue weighted by Crippen LogP contribution is 2.48. The van der Waals surface area contributed by atoms with Crippen LogP contribution < -0.4 is 0 Å². The molecule has 5 heteroatoms. The fraction of sp³-hybridized carbons (Fsp3) is 0.895. The molecule has 0 N–H and O–H groups in total. The van der Waals surface area contributed by atoms with Crippen molar-refractivity contribution in [2.75, 3.05) is 0 Å². The molecule has 3 aliphatic rings. The number of esters is 2. The molecule has 0 saturated carbocycles. The number of ether oxygens (including phenoxy) is 3. The molecule has 0 aromatic carbocycles. The van der Waals surface area contributed by atoms with Crippen LogP contribution in [0.5, 0.6) is 0 Å². The molecule has 136 valence electrons. The lowest BCUT2D eigenvalue weighted by molar-refractivity contribution is -0.174. The van der Waals surface area contributed by atoms with Crippen LogP contribution in [0.1, 0.15) is 60.3 Å². The summed E-state index contributed by atoms with van der Waals surface area (Å²) in [6, 6.07) is 0. The standard InChI is InChI=1S/C19H30O5/c1-6-10(3)9-19(5,11(4)7-2)18(21)24-15-13-8-12-14(22-13)16(15)23-17(12)20/h10-16H,6-9H2,1-5H3. The fourth-order valence-electron chi connectivity index (χ4n) is 4.44. The molecule has 2 bridgehead atoms. The number of carbonyl (C=O) groups excluding carboxylic acids is 2. The third-order valence-electron chi connectivity index (χ3n) is 6.66. The van der Waals surface area contributed by atoms with Gasteiger partial charge in [0.05, 0.1) is 17.4 Å². The van der Waals surface area contributed by atoms with Crippen LogP contribution in [-0.2, 0) is 23.8 Å². The van der Waals surface area contributed by atoms with Gasteiger partial charge in [-0.05, 0) is 31.6 Å². The average molecular weight is 338 g/mol. The highest BCUT2D eigenvalue weighted by molar-refractivity contribution is 5.79. The van der Waals surface area contributed by atoms with Crippen molar-refractivity contribution in [1.82, 2.24) is 0 Å². The molecule has 0 aromatic heterocycles. The summed E-state index contributed by atoms with van der Waals surface area (Å²) >= 11 is 0. The van der Waals surface area contributed by atoms with Crippen LogP contribution in [0.2, 0.25) is 0 Å². The number of carbonyl (C=O) groups is 2. The molecule has 3 rings (SSSR count). The quantitative estimate of drug-likeness (QED) is 0.668. The van der Waals surface area contributed by atoms with Crippen molar-refractivity contribution in [2.24, 2.45) is 23.2 Å². The van der Waals surface area contributed by atoms with E-state index in [1.807, 2.05) is 6.92 Å². The minimum Gasteiger partial charge on any atom is -0.455 e. The molecule has 0 aliphatic carbocycles. The molecular formula is C19H30O5. The van der Waals surface area contributed by atoms with Crippen LogP contribution >= 0.6 is 0 Å². The molecule has 3 saturated heterocycles. The third kappa shape index (κ3) is 2.65. The molecule has 3 fully saturated rings. The van der Waals surface area contributed by atoms with Gasteiger partial charge in [-0.2, -0.15) is 0 Å². The summed E-state index contributed by atoms with van der Waals surface area (Å²) in [6.07, 6.45) is 2.14. The van der Waals surface area contributed by atoms with E-state index < -0.39 is 17.6 Å². The largest absolute Gasteiger partial charge is 0.455 e. The number of rotatable bonds is 7. The predicted molar refractivity (Wildman–Crippen MR) is 88.2 cm³/mol. The van der Waals surface area contributed by atoms with E-state index in [9.17, 15) is 9.59 Å². The van der Waals surface area contributed by atoms with E-state index in [-0.39, 0.29) is 36.0 Å². The number of hydrogen-bond acceptors (Lipinski definition) is 5. The van der Waals surface area contributed by atoms with Gasteiger partial charge in [0.25, 0.3) is 0 Å². The third-order valence-corrected chi connectivity index (χ3v) is 6.66. The van der Waals surface area contributed by atoms with Gasteiger partial charge in [0.15, 0.2) is 12.2 Å². The molecule has 8 unspecified atom stereocenters. The smallest absolute Gasteiger partial charge is 0.312 e. The first-order chi connectivity index (χ1) is 11.3. The zero-order valence-corrected chi connectivity index (χ0v) is 15.4. The second-order valence-corrected chi connectivity index (χ2v) is 8.20. The van der Waals surface area contributed by atoms with Crippen molar-refractivity contribution < 1.29 is 23.8 Å². The molecule has 0 radical (unpaired) electrons. The zero-order chi connectivity index (χ0) is 17.6. The Kier molecular flexibility index (Phi) is 4.67. The Bertz CT molecular complexity index is 518. The van der Waals surface area contributed by atoms with E-state index in [1.165, 1.54) is 0 Å². The maximum Gasteiger partial charge on any atom is 0.312 e. The Morgan fingerprint density at radius 3 is 2.62 bits per heavy atom. The van der Waals surface area contributed by atoms with Crippen molar-refractivity contribution in [2.45, 2.75) is 84.7 Å². The summed E-state index contributed by atoms with van der Waals surface area (Å²) in [5.41, 5.74) is -0.520. The van der Waals surface area contributed by atoms with Gasteiger partial charge in [0.2, 0.25) is 0 Å². The minimum atomic E-state index is -0.520. The van der Waals surface area contributed by atoms with E-state index >= 15 is 0 Å². The average Bonchev–Trinajstić information content (AvgIpc) is 3.18. The van der Waals surface area contributed by atoms with Crippen LogP contribution in [0.4, 0.5) is 0 Å². The Morgan fingerprint density at radius 2 is 2.00 bits per heavy atom. The van der Waals surface area contributed by atoms with Crippen LogP contribution in [0.15, 0.2) is 0 Å². The summed E-state index contributed by atoms with van der Waals surface area (Å²) in [4.78, 5) is 24.9. The SMILES string of the molecule is CCC(C)CC(C)(C(=O)OC1C2CC3C(=O)OC1C3O2)C(C)CC. The van der Waals surface area contributed by atoms with E-state index in [4.69, 9.17) is 14.2 Å². The first-order valence-electron chi connectivity index (χ1n) is 9.38. The molecule has 3 aliphatic heterocycles. The van der Waals surface area contributed by atoms with Gasteiger partial charge in [0.1, 0.15) is 6.10 Å². The molecule has 0 aromatic rings. The maximum absolute atomic E-state index is 13.1. The highest BCUT2D eigenvalue weighted by atomic mass is 16.7. The van der Waals surface area contributed by atoms with Gasteiger partial charge in [0, 0.05) is 0 Å². The van der Waals surface area contributed by atoms with E-state index in [0.717, 1.165) is 19.3 Å². The van der Waals surface area contributed by atoms with Gasteiger partial charge in [-0.3, -0.25) is 9.59 Å². The Labute approximate surface area is 144 Å². The summed E-state index contributed by atoms with van der Waals surface area (Å²) < 4.78 is 17.2. The molecular weight excluding hydrogens is 308 g/mol. The summed E-state index contributed by atoms with van der Waals surface area (Å²) in [7, 11) is 0. The first-order valence-corrected chi connectivity index (χ1v) is 9.38. The first kappa shape index (κ1) is 17.7. The van der Waals surface area contributed by atoms with Crippen molar-refractivity contribution in [3.05, 3.63) is 0 Å². The van der Waals surface area contributed by atoms with Crippen LogP contribution in [0.3, 0.4) is 0 Å². The summed E-state index contributed by atoms with van der Waals surface area (Å²) in [5, 5.41) is 0. The molecule has 24 heavy (non-hydrogen) atoms. The molecule has 0 spiro atoms. The van der Waals surface area contributed by atoms with Crippen LogP contribution in [0, 0.1) is 23.2 Å². The second kappa shape index (κ2) is 6.32. The van der Waals surface area contributed by atoms with Crippen molar-refractivity contribution in [3.63, 3.8) is 0 Å². The lowest BCUT2D eigenvalue weighted by Crippen LogP contribution is -2.45. The van der Waals surface area contributed by atoms with Crippen molar-refractivity contribution in [3.8, 4) is 0 Å². The minimum absolute atomic E-state index is 0.156. The maximum atomic E-state index is 13.1. The van der Waals surface area contributed by atoms with Gasteiger partial charge in [-0.15, -0.1) is 0 Å². The highest BCUT2D eigenvalue weighted by Gasteiger charge is 2.65. The van der Waals surface area contributed by atoms with Gasteiger partial charge < -0.3 is 14.2 Å². The fourth-order valence-corrected chi connectivity index (χ4v) is 4.44. The summed E-state index contributed by atoms with van der Waals surface area (Å²) in [5.74, 6) is 0.169. The van der Waals surface area contributed by atoms with Crippen LogP contribution in [-0.4, -0.2) is 36.4 Å². The van der Waals surface area contributed by atoms with E-state index in [2.05, 4.69) is 27.7 Å². The van der Waals surface area contributed by atoms with Gasteiger partial charge >= 0.3 is 11.9 Å². The lowest BCUT2D eigenvalue weighted by atomic mass is 9.70. The van der Waals surface area contributed by atoms with Gasteiger partial charge in [-0.25, -0.2) is 0 Å². The topological polar surface area (TPSA) is 61.8 Å². The Hall–Kier alpha value is -1.10. The van der Waals surface area contributed by atoms with Crippen molar-refractivity contribution >= 4 is 11.9 Å². The Balaban J connectivity index is 1.73. The Morgan fingerprint density at radius 1 is 1.29 bits per heavy atom. The molecule has 8 atom stereocenters. The summed E-state index contributed by atoms with van der Waals surface area (Å²) in [6.45, 7) is 10.6. The number of hydrogen-bond donors (Lipinski definition) is 0.